The predicted molar refractivity (Wildman–Crippen MR) is 144 cm³/mol. The maximum absolute atomic E-state index is 12.9. The summed E-state index contributed by atoms with van der Waals surface area (Å²) in [5.41, 5.74) is -0.327. The Morgan fingerprint density at radius 1 is 0.756 bits per heavy atom. The number of hydrogen-bond acceptors (Lipinski definition) is 15. The Kier molecular flexibility index (Phi) is 8.97. The van der Waals surface area contributed by atoms with Gasteiger partial charge in [0, 0.05) is 23.8 Å². The van der Waals surface area contributed by atoms with E-state index in [9.17, 15) is 55.2 Å². The van der Waals surface area contributed by atoms with E-state index in [0.29, 0.717) is 11.3 Å². The molecule has 2 aliphatic heterocycles. The maximum atomic E-state index is 12.9. The Labute approximate surface area is 251 Å². The minimum atomic E-state index is -2.14. The Hall–Kier alpha value is -4.33. The topological polar surface area (TPSA) is 272 Å². The molecule has 3 heterocycles. The number of carbonyl (C=O) groups is 2. The number of aliphatic hydroxyl groups is 5. The molecule has 1 aromatic heterocycles. The van der Waals surface area contributed by atoms with Crippen LogP contribution >= 0.6 is 0 Å². The fourth-order valence-electron chi connectivity index (χ4n) is 4.94. The summed E-state index contributed by atoms with van der Waals surface area (Å²) in [6.07, 6.45) is -20.7. The van der Waals surface area contributed by atoms with Gasteiger partial charge in [0.1, 0.15) is 64.5 Å². The summed E-state index contributed by atoms with van der Waals surface area (Å²) in [7, 11) is 1.48. The van der Waals surface area contributed by atoms with Crippen LogP contribution in [0.1, 0.15) is 0 Å². The Bertz CT molecular complexity index is 1620. The van der Waals surface area contributed by atoms with Crippen molar-refractivity contribution in [1.29, 1.82) is 0 Å². The molecule has 0 saturated carbocycles. The van der Waals surface area contributed by atoms with Crippen molar-refractivity contribution in [1.82, 2.24) is 0 Å². The van der Waals surface area contributed by atoms with Gasteiger partial charge < -0.3 is 69.0 Å². The van der Waals surface area contributed by atoms with Crippen molar-refractivity contribution in [2.24, 2.45) is 0 Å². The number of carboxylic acids is 2. The highest BCUT2D eigenvalue weighted by molar-refractivity contribution is 5.86. The number of fused-ring (bicyclic) bond motifs is 1. The third-order valence-electron chi connectivity index (χ3n) is 7.30. The predicted octanol–water partition coefficient (Wildman–Crippen LogP) is -1.64. The summed E-state index contributed by atoms with van der Waals surface area (Å²) in [4.78, 5) is 36.1. The third kappa shape index (κ3) is 6.15. The normalized spacial score (nSPS) is 31.8. The minimum absolute atomic E-state index is 0.100. The quantitative estimate of drug-likeness (QED) is 0.138. The number of aliphatic carboxylic acids is 2. The van der Waals surface area contributed by atoms with E-state index < -0.39 is 84.5 Å². The van der Waals surface area contributed by atoms with Crippen LogP contribution in [0.15, 0.2) is 51.7 Å². The van der Waals surface area contributed by atoms with Gasteiger partial charge in [0.15, 0.2) is 30.0 Å². The van der Waals surface area contributed by atoms with Gasteiger partial charge in [-0.15, -0.1) is 0 Å². The van der Waals surface area contributed by atoms with Crippen molar-refractivity contribution in [2.45, 2.75) is 61.4 Å². The molecule has 3 aromatic rings. The van der Waals surface area contributed by atoms with E-state index >= 15 is 0 Å². The van der Waals surface area contributed by atoms with Crippen molar-refractivity contribution in [3.63, 3.8) is 0 Å². The van der Waals surface area contributed by atoms with Crippen LogP contribution in [0.2, 0.25) is 0 Å². The number of aromatic hydroxyl groups is 1. The van der Waals surface area contributed by atoms with Gasteiger partial charge in [0.2, 0.25) is 6.29 Å². The number of ether oxygens (including phenoxy) is 5. The molecule has 45 heavy (non-hydrogen) atoms. The number of phenolic OH excluding ortho intramolecular Hbond substituents is 1. The highest BCUT2D eigenvalue weighted by Crippen LogP contribution is 2.35. The first-order chi connectivity index (χ1) is 21.3. The zero-order valence-electron chi connectivity index (χ0n) is 23.1. The number of benzene rings is 2. The van der Waals surface area contributed by atoms with Crippen LogP contribution in [0.5, 0.6) is 17.2 Å². The molecule has 0 radical (unpaired) electrons. The van der Waals surface area contributed by atoms with Gasteiger partial charge in [-0.2, -0.15) is 0 Å². The number of aliphatic hydroxyl groups excluding tert-OH is 5. The summed E-state index contributed by atoms with van der Waals surface area (Å²) in [5, 5.41) is 80.9. The highest BCUT2D eigenvalue weighted by Gasteiger charge is 2.54. The van der Waals surface area contributed by atoms with Crippen molar-refractivity contribution in [3.8, 4) is 28.6 Å². The highest BCUT2D eigenvalue weighted by atomic mass is 16.8. The number of methoxy groups -OCH3 is 1. The minimum Gasteiger partial charge on any atom is -0.507 e. The lowest BCUT2D eigenvalue weighted by atomic mass is 9.97. The number of hydrogen-bond donors (Lipinski definition) is 8. The molecule has 242 valence electrons. The molecule has 0 bridgehead atoms. The largest absolute Gasteiger partial charge is 0.507 e. The second-order valence-corrected chi connectivity index (χ2v) is 10.2. The van der Waals surface area contributed by atoms with Crippen molar-refractivity contribution < 1.29 is 78.5 Å². The molecule has 0 unspecified atom stereocenters. The zero-order chi connectivity index (χ0) is 32.7. The number of phenols is 1. The molecule has 17 nitrogen and oxygen atoms in total. The first kappa shape index (κ1) is 32.1. The SMILES string of the molecule is COc1ccc(-c2cc(=O)c3c(O)cc(O[C@@H]4O[C@@H](C(=O)O)[C@@H](O)[C@H](O)[C@H]4O[C@@H]4O[C@@H](C(=O)O)[C@@H](O)[C@H](O)[C@H]4O)cc3o2)cc1. The smallest absolute Gasteiger partial charge is 0.335 e. The molecule has 2 aromatic carbocycles. The fraction of sp³-hybridized carbons (Fsp3) is 0.393. The van der Waals surface area contributed by atoms with Gasteiger partial charge >= 0.3 is 11.9 Å². The van der Waals surface area contributed by atoms with Crippen LogP contribution in [-0.2, 0) is 23.8 Å². The molecule has 8 N–H and O–H groups in total. The molecule has 10 atom stereocenters. The summed E-state index contributed by atoms with van der Waals surface area (Å²) in [5.74, 6) is -3.74. The van der Waals surface area contributed by atoms with Crippen molar-refractivity contribution >= 4 is 22.9 Å². The molecule has 0 aliphatic carbocycles. The fourth-order valence-corrected chi connectivity index (χ4v) is 4.94. The lowest BCUT2D eigenvalue weighted by Crippen LogP contribution is -2.66. The molecule has 0 spiro atoms. The van der Waals surface area contributed by atoms with Crippen LogP contribution in [0.25, 0.3) is 22.3 Å². The average molecular weight is 637 g/mol. The summed E-state index contributed by atoms with van der Waals surface area (Å²) >= 11 is 0. The summed E-state index contributed by atoms with van der Waals surface area (Å²) < 4.78 is 32.5. The second kappa shape index (κ2) is 12.6. The van der Waals surface area contributed by atoms with E-state index in [1.54, 1.807) is 24.3 Å². The lowest BCUT2D eigenvalue weighted by molar-refractivity contribution is -0.350. The van der Waals surface area contributed by atoms with E-state index in [4.69, 9.17) is 28.1 Å². The molecule has 17 heteroatoms. The van der Waals surface area contributed by atoms with Gasteiger partial charge in [0.25, 0.3) is 0 Å². The Morgan fingerprint density at radius 2 is 1.36 bits per heavy atom. The zero-order valence-corrected chi connectivity index (χ0v) is 23.1. The summed E-state index contributed by atoms with van der Waals surface area (Å²) in [6, 6.07) is 9.73. The third-order valence-corrected chi connectivity index (χ3v) is 7.30. The molecule has 2 aliphatic rings. The van der Waals surface area contributed by atoms with E-state index in [1.807, 2.05) is 0 Å². The van der Waals surface area contributed by atoms with Crippen LogP contribution < -0.4 is 14.9 Å². The van der Waals surface area contributed by atoms with Crippen LogP contribution in [0.3, 0.4) is 0 Å². The number of carboxylic acid groups (broad SMARTS) is 2. The molecule has 0 amide bonds. The average Bonchev–Trinajstić information content (AvgIpc) is 2.99. The Balaban J connectivity index is 1.49. The standard InChI is InChI=1S/C28H28O17/c1-40-10-4-2-9(3-5-10)14-8-13(30)16-12(29)6-11(7-15(16)42-14)41-28-24(20(34)19(33)23(44-28)26(38)39)45-27-21(35)17(31)18(32)22(43-27)25(36)37/h2-8,17-24,27-29,31-35H,1H3,(H,36,37)(H,38,39)/t17-,18-,19-,20-,21+,22+,23+,24+,27-,28+/m0/s1. The van der Waals surface area contributed by atoms with Crippen LogP contribution in [0, 0.1) is 0 Å². The molecule has 2 fully saturated rings. The van der Waals surface area contributed by atoms with Gasteiger partial charge in [-0.25, -0.2) is 9.59 Å². The summed E-state index contributed by atoms with van der Waals surface area (Å²) in [6.45, 7) is 0. The maximum Gasteiger partial charge on any atom is 0.335 e. The molecule has 5 rings (SSSR count). The second-order valence-electron chi connectivity index (χ2n) is 10.2. The lowest BCUT2D eigenvalue weighted by Gasteiger charge is -2.44. The van der Waals surface area contributed by atoms with Gasteiger partial charge in [-0.1, -0.05) is 0 Å². The number of rotatable bonds is 8. The first-order valence-corrected chi connectivity index (χ1v) is 13.2. The first-order valence-electron chi connectivity index (χ1n) is 13.2. The van der Waals surface area contributed by atoms with Crippen molar-refractivity contribution in [2.75, 3.05) is 7.11 Å². The van der Waals surface area contributed by atoms with Crippen LogP contribution in [0.4, 0.5) is 0 Å². The molecule has 2 saturated heterocycles. The van der Waals surface area contributed by atoms with Gasteiger partial charge in [0.05, 0.1) is 7.11 Å². The molecular formula is C28H28O17. The van der Waals surface area contributed by atoms with Crippen LogP contribution in [-0.4, -0.2) is 121 Å². The van der Waals surface area contributed by atoms with E-state index in [-0.39, 0.29) is 22.5 Å². The van der Waals surface area contributed by atoms with Gasteiger partial charge in [-0.05, 0) is 24.3 Å². The van der Waals surface area contributed by atoms with E-state index in [0.717, 1.165) is 18.2 Å². The van der Waals surface area contributed by atoms with Gasteiger partial charge in [-0.3, -0.25) is 4.79 Å². The van der Waals surface area contributed by atoms with E-state index in [1.165, 1.54) is 7.11 Å². The van der Waals surface area contributed by atoms with E-state index in [2.05, 4.69) is 0 Å². The molecular weight excluding hydrogens is 608 g/mol. The van der Waals surface area contributed by atoms with Crippen molar-refractivity contribution in [3.05, 3.63) is 52.7 Å². The Morgan fingerprint density at radius 3 is 1.96 bits per heavy atom. The monoisotopic (exact) mass is 636 g/mol.